The number of aliphatic hydroxyl groups excluding tert-OH is 1. The number of nitrogens with zero attached hydrogens (tertiary/aromatic N) is 3. The van der Waals surface area contributed by atoms with Crippen molar-refractivity contribution in [3.05, 3.63) is 57.9 Å². The Kier molecular flexibility index (Phi) is 5.85. The predicted molar refractivity (Wildman–Crippen MR) is 106 cm³/mol. The first-order valence-corrected chi connectivity index (χ1v) is 9.56. The molecule has 1 aromatic carbocycles. The average Bonchev–Trinajstić information content (AvgIpc) is 2.67. The summed E-state index contributed by atoms with van der Waals surface area (Å²) in [7, 11) is 0. The fourth-order valence-corrected chi connectivity index (χ4v) is 3.35. The van der Waals surface area contributed by atoms with Crippen LogP contribution in [0, 0.1) is 0 Å². The maximum absolute atomic E-state index is 13.3. The molecule has 3 aromatic rings. The van der Waals surface area contributed by atoms with E-state index in [4.69, 9.17) is 0 Å². The Morgan fingerprint density at radius 1 is 1.17 bits per heavy atom. The molecule has 9 heteroatoms. The molecule has 1 atom stereocenters. The zero-order valence-electron chi connectivity index (χ0n) is 16.7. The van der Waals surface area contributed by atoms with Gasteiger partial charge in [0, 0.05) is 11.5 Å². The molecule has 1 unspecified atom stereocenters. The molecule has 0 saturated heterocycles. The molecule has 30 heavy (non-hydrogen) atoms. The summed E-state index contributed by atoms with van der Waals surface area (Å²) < 4.78 is 39.8. The lowest BCUT2D eigenvalue weighted by Gasteiger charge is -2.19. The smallest absolute Gasteiger partial charge is 0.433 e. The van der Waals surface area contributed by atoms with Crippen LogP contribution in [0.25, 0.3) is 16.6 Å². The van der Waals surface area contributed by atoms with Gasteiger partial charge < -0.3 is 10.2 Å². The summed E-state index contributed by atoms with van der Waals surface area (Å²) in [5.41, 5.74) is -1.08. The van der Waals surface area contributed by atoms with E-state index in [1.807, 2.05) is 6.92 Å². The first-order chi connectivity index (χ1) is 14.1. The van der Waals surface area contributed by atoms with E-state index >= 15 is 0 Å². The Labute approximate surface area is 170 Å². The van der Waals surface area contributed by atoms with Gasteiger partial charge in [-0.25, -0.2) is 9.97 Å². The highest BCUT2D eigenvalue weighted by atomic mass is 19.4. The largest absolute Gasteiger partial charge is 0.507 e. The van der Waals surface area contributed by atoms with Gasteiger partial charge in [-0.3, -0.25) is 9.36 Å². The Morgan fingerprint density at radius 2 is 1.87 bits per heavy atom. The Balaban J connectivity index is 2.31. The van der Waals surface area contributed by atoms with E-state index in [-0.39, 0.29) is 39.6 Å². The van der Waals surface area contributed by atoms with Crippen molar-refractivity contribution in [3.63, 3.8) is 0 Å². The number of pyridine rings is 1. The summed E-state index contributed by atoms with van der Waals surface area (Å²) in [4.78, 5) is 21.3. The minimum atomic E-state index is -4.59. The third-order valence-electron chi connectivity index (χ3n) is 4.79. The van der Waals surface area contributed by atoms with Crippen molar-refractivity contribution in [1.29, 1.82) is 0 Å². The second-order valence-corrected chi connectivity index (χ2v) is 7.36. The van der Waals surface area contributed by atoms with Gasteiger partial charge >= 0.3 is 6.18 Å². The Bertz CT molecular complexity index is 1120. The Morgan fingerprint density at radius 3 is 2.40 bits per heavy atom. The number of fused-ring (bicyclic) bond motifs is 1. The lowest BCUT2D eigenvalue weighted by Crippen LogP contribution is -2.25. The molecular formula is C21H22F3N3O3. The van der Waals surface area contributed by atoms with Gasteiger partial charge in [0.05, 0.1) is 28.9 Å². The molecule has 2 N–H and O–H groups in total. The standard InChI is InChI=1S/C21H22F3N3O3/c1-4-5-14(28)17-15(29)8-7-13-18(17)26-19(11(2)3)27(20(13)30)12-6-9-16(25-10-12)21(22,23)24/h6-11,14,28-29H,4-5H2,1-3H3. The van der Waals surface area contributed by atoms with E-state index in [2.05, 4.69) is 9.97 Å². The molecule has 3 rings (SSSR count). The fourth-order valence-electron chi connectivity index (χ4n) is 3.35. The lowest BCUT2D eigenvalue weighted by atomic mass is 10.00. The molecule has 160 valence electrons. The van der Waals surface area contributed by atoms with Crippen LogP contribution in [0.5, 0.6) is 5.75 Å². The number of aromatic hydroxyl groups is 1. The number of benzene rings is 1. The van der Waals surface area contributed by atoms with Crippen molar-refractivity contribution < 1.29 is 23.4 Å². The summed E-state index contributed by atoms with van der Waals surface area (Å²) in [5.74, 6) is -0.161. The van der Waals surface area contributed by atoms with E-state index in [1.165, 1.54) is 22.8 Å². The van der Waals surface area contributed by atoms with Crippen LogP contribution in [0.3, 0.4) is 0 Å². The predicted octanol–water partition coefficient (Wildman–Crippen LogP) is 4.46. The molecule has 0 saturated carbocycles. The maximum atomic E-state index is 13.3. The summed E-state index contributed by atoms with van der Waals surface area (Å²) in [5, 5.41) is 20.9. The first-order valence-electron chi connectivity index (χ1n) is 9.56. The number of phenolic OH excluding ortho intramolecular Hbond substituents is 1. The minimum absolute atomic E-state index is 0.141. The van der Waals surface area contributed by atoms with Crippen molar-refractivity contribution in [2.24, 2.45) is 0 Å². The molecule has 0 fully saturated rings. The van der Waals surface area contributed by atoms with Gasteiger partial charge in [0.1, 0.15) is 17.3 Å². The summed E-state index contributed by atoms with van der Waals surface area (Å²) in [6, 6.07) is 4.68. The second kappa shape index (κ2) is 8.06. The van der Waals surface area contributed by atoms with E-state index in [1.54, 1.807) is 13.8 Å². The first kappa shape index (κ1) is 21.8. The van der Waals surface area contributed by atoms with Gasteiger partial charge in [0.15, 0.2) is 0 Å². The van der Waals surface area contributed by atoms with Crippen LogP contribution in [-0.2, 0) is 6.18 Å². The van der Waals surface area contributed by atoms with Gasteiger partial charge in [0.2, 0.25) is 0 Å². The quantitative estimate of drug-likeness (QED) is 0.635. The van der Waals surface area contributed by atoms with Crippen molar-refractivity contribution in [1.82, 2.24) is 14.5 Å². The molecule has 0 aliphatic rings. The van der Waals surface area contributed by atoms with Gasteiger partial charge in [-0.1, -0.05) is 27.2 Å². The molecule has 0 bridgehead atoms. The molecular weight excluding hydrogens is 399 g/mol. The van der Waals surface area contributed by atoms with Crippen LogP contribution >= 0.6 is 0 Å². The zero-order valence-corrected chi connectivity index (χ0v) is 16.7. The van der Waals surface area contributed by atoms with E-state index in [9.17, 15) is 28.2 Å². The third kappa shape index (κ3) is 3.89. The molecule has 2 heterocycles. The average molecular weight is 421 g/mol. The zero-order chi connectivity index (χ0) is 22.2. The molecule has 6 nitrogen and oxygen atoms in total. The van der Waals surface area contributed by atoms with Gasteiger partial charge in [-0.15, -0.1) is 0 Å². The second-order valence-electron chi connectivity index (χ2n) is 7.36. The van der Waals surface area contributed by atoms with Crippen molar-refractivity contribution >= 4 is 10.9 Å². The summed E-state index contributed by atoms with van der Waals surface area (Å²) in [6.45, 7) is 5.45. The number of alkyl halides is 3. The topological polar surface area (TPSA) is 88.2 Å². The molecule has 0 aliphatic heterocycles. The highest BCUT2D eigenvalue weighted by molar-refractivity contribution is 5.84. The van der Waals surface area contributed by atoms with Crippen LogP contribution in [-0.4, -0.2) is 24.7 Å². The maximum Gasteiger partial charge on any atom is 0.433 e. The molecule has 2 aromatic heterocycles. The monoisotopic (exact) mass is 421 g/mol. The van der Waals surface area contributed by atoms with E-state index in [0.29, 0.717) is 12.8 Å². The highest BCUT2D eigenvalue weighted by Gasteiger charge is 2.32. The van der Waals surface area contributed by atoms with Gasteiger partial charge in [-0.05, 0) is 30.7 Å². The minimum Gasteiger partial charge on any atom is -0.507 e. The van der Waals surface area contributed by atoms with E-state index < -0.39 is 23.5 Å². The number of hydrogen-bond donors (Lipinski definition) is 2. The number of phenols is 1. The van der Waals surface area contributed by atoms with E-state index in [0.717, 1.165) is 12.3 Å². The number of aromatic nitrogens is 3. The van der Waals surface area contributed by atoms with Crippen molar-refractivity contribution in [3.8, 4) is 11.4 Å². The number of aliphatic hydroxyl groups is 1. The molecule has 0 spiro atoms. The number of halogens is 3. The lowest BCUT2D eigenvalue weighted by molar-refractivity contribution is -0.141. The number of rotatable bonds is 5. The molecule has 0 aliphatic carbocycles. The van der Waals surface area contributed by atoms with Gasteiger partial charge in [0.25, 0.3) is 5.56 Å². The van der Waals surface area contributed by atoms with Crippen LogP contribution in [0.2, 0.25) is 0 Å². The normalized spacial score (nSPS) is 13.2. The summed E-state index contributed by atoms with van der Waals surface area (Å²) >= 11 is 0. The fraction of sp³-hybridized carbons (Fsp3) is 0.381. The van der Waals surface area contributed by atoms with Crippen LogP contribution in [0.1, 0.15) is 62.7 Å². The Hall–Kier alpha value is -2.94. The SMILES string of the molecule is CCCC(O)c1c(O)ccc2c(=O)n(-c3ccc(C(F)(F)F)nc3)c(C(C)C)nc12. The number of hydrogen-bond acceptors (Lipinski definition) is 5. The van der Waals surface area contributed by atoms with Crippen LogP contribution in [0.4, 0.5) is 13.2 Å². The van der Waals surface area contributed by atoms with Crippen LogP contribution in [0.15, 0.2) is 35.3 Å². The van der Waals surface area contributed by atoms with Crippen molar-refractivity contribution in [2.75, 3.05) is 0 Å². The van der Waals surface area contributed by atoms with Crippen molar-refractivity contribution in [2.45, 2.75) is 51.8 Å². The third-order valence-corrected chi connectivity index (χ3v) is 4.79. The highest BCUT2D eigenvalue weighted by Crippen LogP contribution is 2.34. The van der Waals surface area contributed by atoms with Crippen LogP contribution < -0.4 is 5.56 Å². The molecule has 0 radical (unpaired) electrons. The molecule has 0 amide bonds. The van der Waals surface area contributed by atoms with Gasteiger partial charge in [-0.2, -0.15) is 13.2 Å². The summed E-state index contributed by atoms with van der Waals surface area (Å²) in [6.07, 6.45) is -3.58.